The van der Waals surface area contributed by atoms with Gasteiger partial charge in [-0.05, 0) is 18.2 Å². The minimum atomic E-state index is -2.65. The van der Waals surface area contributed by atoms with E-state index in [0.29, 0.717) is 11.2 Å². The van der Waals surface area contributed by atoms with E-state index in [1.165, 1.54) is 24.3 Å². The molecule has 3 rings (SSSR count). The summed E-state index contributed by atoms with van der Waals surface area (Å²) in [4.78, 5) is 15.8. The molecule has 1 aromatic heterocycles. The van der Waals surface area contributed by atoms with Crippen LogP contribution in [0.5, 0.6) is 0 Å². The van der Waals surface area contributed by atoms with Crippen LogP contribution in [0, 0.1) is 0 Å². The highest BCUT2D eigenvalue weighted by atomic mass is 19.3. The standard InChI is InChI=1S/C17H11F2NO2/c18-16(19)11-6-7-14-12(8-11)13(17(21)22)9-15(20-14)10-4-2-1-3-5-10/h1-9,16H,(H,21,22). The second-order valence-electron chi connectivity index (χ2n) is 4.80. The molecule has 22 heavy (non-hydrogen) atoms. The molecule has 0 aliphatic heterocycles. The number of hydrogen-bond acceptors (Lipinski definition) is 2. The van der Waals surface area contributed by atoms with Gasteiger partial charge in [-0.1, -0.05) is 36.4 Å². The van der Waals surface area contributed by atoms with Crippen molar-refractivity contribution in [1.82, 2.24) is 4.98 Å². The molecular weight excluding hydrogens is 288 g/mol. The van der Waals surface area contributed by atoms with Crippen LogP contribution in [0.1, 0.15) is 22.3 Å². The van der Waals surface area contributed by atoms with Crippen molar-refractivity contribution in [2.45, 2.75) is 6.43 Å². The summed E-state index contributed by atoms with van der Waals surface area (Å²) >= 11 is 0. The van der Waals surface area contributed by atoms with E-state index in [2.05, 4.69) is 4.98 Å². The Morgan fingerprint density at radius 1 is 1.05 bits per heavy atom. The van der Waals surface area contributed by atoms with E-state index in [1.54, 1.807) is 0 Å². The maximum absolute atomic E-state index is 12.8. The number of carboxylic acids is 1. The van der Waals surface area contributed by atoms with Crippen molar-refractivity contribution in [3.8, 4) is 11.3 Å². The van der Waals surface area contributed by atoms with Crippen molar-refractivity contribution in [3.63, 3.8) is 0 Å². The summed E-state index contributed by atoms with van der Waals surface area (Å²) in [5.41, 5.74) is 1.39. The van der Waals surface area contributed by atoms with E-state index in [0.717, 1.165) is 5.56 Å². The highest BCUT2D eigenvalue weighted by Crippen LogP contribution is 2.28. The van der Waals surface area contributed by atoms with Crippen molar-refractivity contribution in [3.05, 3.63) is 65.7 Å². The number of benzene rings is 2. The van der Waals surface area contributed by atoms with Gasteiger partial charge in [0.2, 0.25) is 0 Å². The summed E-state index contributed by atoms with van der Waals surface area (Å²) in [6.45, 7) is 0. The summed E-state index contributed by atoms with van der Waals surface area (Å²) in [5, 5.41) is 9.58. The first-order valence-electron chi connectivity index (χ1n) is 6.58. The number of aromatic nitrogens is 1. The van der Waals surface area contributed by atoms with E-state index in [9.17, 15) is 18.7 Å². The zero-order chi connectivity index (χ0) is 15.7. The first kappa shape index (κ1) is 14.1. The molecule has 1 heterocycles. The summed E-state index contributed by atoms with van der Waals surface area (Å²) < 4.78 is 25.6. The zero-order valence-electron chi connectivity index (χ0n) is 11.3. The predicted octanol–water partition coefficient (Wildman–Crippen LogP) is 4.54. The molecule has 0 spiro atoms. The molecule has 0 saturated heterocycles. The van der Waals surface area contributed by atoms with Crippen LogP contribution in [-0.4, -0.2) is 16.1 Å². The van der Waals surface area contributed by atoms with Crippen LogP contribution < -0.4 is 0 Å². The Bertz CT molecular complexity index is 848. The average Bonchev–Trinajstić information content (AvgIpc) is 2.53. The lowest BCUT2D eigenvalue weighted by atomic mass is 10.0. The third-order valence-electron chi connectivity index (χ3n) is 3.38. The number of rotatable bonds is 3. The number of alkyl halides is 2. The molecule has 5 heteroatoms. The van der Waals surface area contributed by atoms with Crippen LogP contribution in [0.2, 0.25) is 0 Å². The molecule has 0 atom stereocenters. The lowest BCUT2D eigenvalue weighted by Gasteiger charge is -2.09. The van der Waals surface area contributed by atoms with Crippen molar-refractivity contribution < 1.29 is 18.7 Å². The van der Waals surface area contributed by atoms with Gasteiger partial charge in [-0.2, -0.15) is 0 Å². The lowest BCUT2D eigenvalue weighted by molar-refractivity contribution is 0.0699. The number of fused-ring (bicyclic) bond motifs is 1. The molecule has 0 bridgehead atoms. The Hall–Kier alpha value is -2.82. The van der Waals surface area contributed by atoms with E-state index < -0.39 is 12.4 Å². The average molecular weight is 299 g/mol. The number of hydrogen-bond donors (Lipinski definition) is 1. The smallest absolute Gasteiger partial charge is 0.336 e. The Labute approximate surface area is 124 Å². The molecule has 2 aromatic carbocycles. The van der Waals surface area contributed by atoms with Gasteiger partial charge in [0, 0.05) is 16.5 Å². The molecule has 3 nitrogen and oxygen atoms in total. The molecule has 0 amide bonds. The largest absolute Gasteiger partial charge is 0.478 e. The topological polar surface area (TPSA) is 50.2 Å². The molecule has 0 radical (unpaired) electrons. The Morgan fingerprint density at radius 2 is 1.77 bits per heavy atom. The predicted molar refractivity (Wildman–Crippen MR) is 79.1 cm³/mol. The van der Waals surface area contributed by atoms with E-state index >= 15 is 0 Å². The second kappa shape index (κ2) is 5.52. The summed E-state index contributed by atoms with van der Waals surface area (Å²) in [6, 6.07) is 14.4. The minimum Gasteiger partial charge on any atom is -0.478 e. The number of carboxylic acid groups (broad SMARTS) is 1. The fourth-order valence-corrected chi connectivity index (χ4v) is 2.31. The third kappa shape index (κ3) is 2.53. The molecular formula is C17H11F2NO2. The molecule has 0 aliphatic rings. The van der Waals surface area contributed by atoms with Crippen molar-refractivity contribution in [1.29, 1.82) is 0 Å². The van der Waals surface area contributed by atoms with Gasteiger partial charge in [-0.25, -0.2) is 18.6 Å². The van der Waals surface area contributed by atoms with Gasteiger partial charge in [-0.15, -0.1) is 0 Å². The van der Waals surface area contributed by atoms with Crippen LogP contribution in [0.4, 0.5) is 8.78 Å². The SMILES string of the molecule is O=C(O)c1cc(-c2ccccc2)nc2ccc(C(F)F)cc12. The van der Waals surface area contributed by atoms with Gasteiger partial charge in [-0.3, -0.25) is 0 Å². The van der Waals surface area contributed by atoms with Gasteiger partial charge >= 0.3 is 5.97 Å². The summed E-state index contributed by atoms with van der Waals surface area (Å²) in [6.07, 6.45) is -2.65. The first-order valence-corrected chi connectivity index (χ1v) is 6.58. The van der Waals surface area contributed by atoms with Gasteiger partial charge in [0.05, 0.1) is 16.8 Å². The van der Waals surface area contributed by atoms with Crippen molar-refractivity contribution in [2.24, 2.45) is 0 Å². The molecule has 0 saturated carbocycles. The highest BCUT2D eigenvalue weighted by molar-refractivity contribution is 6.04. The number of pyridine rings is 1. The third-order valence-corrected chi connectivity index (χ3v) is 3.38. The van der Waals surface area contributed by atoms with Crippen LogP contribution in [0.25, 0.3) is 22.2 Å². The van der Waals surface area contributed by atoms with Gasteiger partial charge < -0.3 is 5.11 Å². The monoisotopic (exact) mass is 299 g/mol. The molecule has 0 fully saturated rings. The van der Waals surface area contributed by atoms with Crippen LogP contribution >= 0.6 is 0 Å². The van der Waals surface area contributed by atoms with Crippen molar-refractivity contribution >= 4 is 16.9 Å². The maximum atomic E-state index is 12.8. The molecule has 1 N–H and O–H groups in total. The molecule has 0 unspecified atom stereocenters. The number of nitrogens with zero attached hydrogens (tertiary/aromatic N) is 1. The van der Waals surface area contributed by atoms with Gasteiger partial charge in [0.25, 0.3) is 6.43 Å². The zero-order valence-corrected chi connectivity index (χ0v) is 11.3. The molecule has 3 aromatic rings. The van der Waals surface area contributed by atoms with E-state index in [-0.39, 0.29) is 16.5 Å². The minimum absolute atomic E-state index is 0.0358. The number of carbonyl (C=O) groups is 1. The van der Waals surface area contributed by atoms with Gasteiger partial charge in [0.15, 0.2) is 0 Å². The first-order chi connectivity index (χ1) is 10.6. The van der Waals surface area contributed by atoms with Gasteiger partial charge in [0.1, 0.15) is 0 Å². The summed E-state index contributed by atoms with van der Waals surface area (Å²) in [5.74, 6) is -1.17. The highest BCUT2D eigenvalue weighted by Gasteiger charge is 2.15. The fourth-order valence-electron chi connectivity index (χ4n) is 2.31. The van der Waals surface area contributed by atoms with Crippen LogP contribution in [-0.2, 0) is 0 Å². The number of halogens is 2. The quantitative estimate of drug-likeness (QED) is 0.772. The number of aromatic carboxylic acids is 1. The normalized spacial score (nSPS) is 11.0. The molecule has 110 valence electrons. The van der Waals surface area contributed by atoms with E-state index in [4.69, 9.17) is 0 Å². The maximum Gasteiger partial charge on any atom is 0.336 e. The van der Waals surface area contributed by atoms with E-state index in [1.807, 2.05) is 30.3 Å². The second-order valence-corrected chi connectivity index (χ2v) is 4.80. The van der Waals surface area contributed by atoms with Crippen LogP contribution in [0.3, 0.4) is 0 Å². The van der Waals surface area contributed by atoms with Crippen molar-refractivity contribution in [2.75, 3.05) is 0 Å². The Morgan fingerprint density at radius 3 is 2.41 bits per heavy atom. The lowest BCUT2D eigenvalue weighted by Crippen LogP contribution is -2.01. The fraction of sp³-hybridized carbons (Fsp3) is 0.0588. The van der Waals surface area contributed by atoms with Crippen LogP contribution in [0.15, 0.2) is 54.6 Å². The summed E-state index contributed by atoms with van der Waals surface area (Å²) in [7, 11) is 0. The Balaban J connectivity index is 2.27. The molecule has 0 aliphatic carbocycles. The Kier molecular flexibility index (Phi) is 3.55.